The van der Waals surface area contributed by atoms with Crippen LogP contribution in [0.2, 0.25) is 0 Å². The van der Waals surface area contributed by atoms with Gasteiger partial charge in [-0.25, -0.2) is 14.6 Å². The van der Waals surface area contributed by atoms with Gasteiger partial charge in [0.2, 0.25) is 5.16 Å². The molecule has 6 nitrogen and oxygen atoms in total. The predicted octanol–water partition coefficient (Wildman–Crippen LogP) is 4.08. The summed E-state index contributed by atoms with van der Waals surface area (Å²) in [6.45, 7) is 4.10. The van der Waals surface area contributed by atoms with Crippen LogP contribution in [0.5, 0.6) is 0 Å². The summed E-state index contributed by atoms with van der Waals surface area (Å²) in [5.41, 5.74) is 1.18. The van der Waals surface area contributed by atoms with Crippen LogP contribution in [0.4, 0.5) is 0 Å². The second-order valence-corrected chi connectivity index (χ2v) is 7.46. The summed E-state index contributed by atoms with van der Waals surface area (Å²) in [4.78, 5) is 11.0. The highest BCUT2D eigenvalue weighted by Crippen LogP contribution is 2.37. The molecule has 1 aromatic carbocycles. The number of fused-ring (bicyclic) bond motifs is 1. The van der Waals surface area contributed by atoms with E-state index in [0.717, 1.165) is 20.4 Å². The molecule has 24 heavy (non-hydrogen) atoms. The van der Waals surface area contributed by atoms with Gasteiger partial charge in [0.25, 0.3) is 0 Å². The Bertz CT molecular complexity index is 977. The van der Waals surface area contributed by atoms with Crippen molar-refractivity contribution in [3.05, 3.63) is 42.7 Å². The number of benzene rings is 1. The summed E-state index contributed by atoms with van der Waals surface area (Å²) in [6.07, 6.45) is 1.60. The van der Waals surface area contributed by atoms with E-state index in [1.54, 1.807) is 22.3 Å². The van der Waals surface area contributed by atoms with Crippen molar-refractivity contribution in [3.63, 3.8) is 0 Å². The Labute approximate surface area is 147 Å². The molecule has 0 radical (unpaired) electrons. The molecule has 0 amide bonds. The molecule has 4 rings (SSSR count). The molecule has 0 spiro atoms. The average Bonchev–Trinajstić information content (AvgIpc) is 3.23. The molecule has 0 N–H and O–H groups in total. The maximum Gasteiger partial charge on any atom is 0.215 e. The summed E-state index contributed by atoms with van der Waals surface area (Å²) in [6, 6.07) is 12.6. The highest BCUT2D eigenvalue weighted by atomic mass is 32.2. The van der Waals surface area contributed by atoms with Crippen LogP contribution >= 0.6 is 23.1 Å². The van der Waals surface area contributed by atoms with Crippen LogP contribution in [0.3, 0.4) is 0 Å². The molecule has 0 saturated carbocycles. The van der Waals surface area contributed by atoms with Gasteiger partial charge in [-0.3, -0.25) is 0 Å². The van der Waals surface area contributed by atoms with Crippen molar-refractivity contribution in [3.8, 4) is 10.4 Å². The molecule has 0 bridgehead atoms. The maximum absolute atomic E-state index is 4.44. The van der Waals surface area contributed by atoms with Gasteiger partial charge < -0.3 is 0 Å². The molecular weight excluding hydrogens is 340 g/mol. The number of tetrazole rings is 1. The normalized spacial score (nSPS) is 11.5. The average molecular weight is 354 g/mol. The second-order valence-electron chi connectivity index (χ2n) is 5.48. The van der Waals surface area contributed by atoms with Gasteiger partial charge in [0.15, 0.2) is 0 Å². The molecule has 0 aliphatic rings. The first kappa shape index (κ1) is 15.2. The number of aromatic nitrogens is 6. The number of hydrogen-bond donors (Lipinski definition) is 0. The lowest BCUT2D eigenvalue weighted by atomic mass is 10.2. The van der Waals surface area contributed by atoms with Crippen molar-refractivity contribution >= 4 is 33.3 Å². The van der Waals surface area contributed by atoms with E-state index in [0.29, 0.717) is 0 Å². The zero-order valence-electron chi connectivity index (χ0n) is 13.1. The van der Waals surface area contributed by atoms with E-state index in [9.17, 15) is 0 Å². The largest absolute Gasteiger partial charge is 0.229 e. The zero-order chi connectivity index (χ0) is 16.5. The number of nitrogens with zero attached hydrogens (tertiary/aromatic N) is 6. The van der Waals surface area contributed by atoms with E-state index in [1.165, 1.54) is 22.2 Å². The lowest BCUT2D eigenvalue weighted by Gasteiger charge is -2.06. The third-order valence-corrected chi connectivity index (χ3v) is 5.55. The van der Waals surface area contributed by atoms with E-state index in [1.807, 2.05) is 32.0 Å². The molecule has 120 valence electrons. The molecule has 8 heteroatoms. The van der Waals surface area contributed by atoms with Crippen molar-refractivity contribution < 1.29 is 0 Å². The Hall–Kier alpha value is -2.32. The fourth-order valence-corrected chi connectivity index (χ4v) is 4.35. The van der Waals surface area contributed by atoms with Crippen LogP contribution in [0.15, 0.2) is 52.9 Å². The Morgan fingerprint density at radius 3 is 2.75 bits per heavy atom. The van der Waals surface area contributed by atoms with E-state index < -0.39 is 0 Å². The Morgan fingerprint density at radius 2 is 1.96 bits per heavy atom. The molecule has 0 saturated heterocycles. The Morgan fingerprint density at radius 1 is 1.12 bits per heavy atom. The van der Waals surface area contributed by atoms with Crippen LogP contribution in [0, 0.1) is 0 Å². The minimum absolute atomic E-state index is 0.196. The molecule has 0 unspecified atom stereocenters. The Balaban J connectivity index is 1.76. The molecule has 0 aliphatic heterocycles. The molecule has 3 heterocycles. The molecule has 3 aromatic heterocycles. The van der Waals surface area contributed by atoms with Crippen molar-refractivity contribution in [2.75, 3.05) is 0 Å². The van der Waals surface area contributed by atoms with Gasteiger partial charge in [-0.2, -0.15) is 0 Å². The van der Waals surface area contributed by atoms with Gasteiger partial charge in [-0.1, -0.05) is 30.3 Å². The third kappa shape index (κ3) is 2.78. The van der Waals surface area contributed by atoms with E-state index in [4.69, 9.17) is 0 Å². The summed E-state index contributed by atoms with van der Waals surface area (Å²) < 4.78 is 1.79. The fourth-order valence-electron chi connectivity index (χ4n) is 2.32. The van der Waals surface area contributed by atoms with Crippen molar-refractivity contribution in [1.82, 2.24) is 30.2 Å². The molecule has 4 aromatic rings. The SMILES string of the molecule is CC(C)n1nnnc1Sc1ncnc2sc(-c3ccccc3)cc12. The van der Waals surface area contributed by atoms with Crippen LogP contribution < -0.4 is 0 Å². The third-order valence-electron chi connectivity index (χ3n) is 3.49. The second kappa shape index (κ2) is 6.29. The maximum atomic E-state index is 4.44. The summed E-state index contributed by atoms with van der Waals surface area (Å²) in [5.74, 6) is 0. The topological polar surface area (TPSA) is 69.4 Å². The van der Waals surface area contributed by atoms with Crippen molar-refractivity contribution in [1.29, 1.82) is 0 Å². The summed E-state index contributed by atoms with van der Waals surface area (Å²) in [5, 5.41) is 14.6. The Kier molecular flexibility index (Phi) is 3.99. The lowest BCUT2D eigenvalue weighted by Crippen LogP contribution is -2.04. The predicted molar refractivity (Wildman–Crippen MR) is 95.2 cm³/mol. The highest BCUT2D eigenvalue weighted by molar-refractivity contribution is 7.99. The van der Waals surface area contributed by atoms with Crippen molar-refractivity contribution in [2.24, 2.45) is 0 Å². The first-order chi connectivity index (χ1) is 11.7. The highest BCUT2D eigenvalue weighted by Gasteiger charge is 2.16. The fraction of sp³-hybridized carbons (Fsp3) is 0.188. The first-order valence-corrected chi connectivity index (χ1v) is 9.11. The minimum atomic E-state index is 0.196. The van der Waals surface area contributed by atoms with Crippen LogP contribution in [0.25, 0.3) is 20.7 Å². The van der Waals surface area contributed by atoms with Crippen LogP contribution in [-0.4, -0.2) is 30.2 Å². The number of rotatable bonds is 4. The number of hydrogen-bond acceptors (Lipinski definition) is 7. The first-order valence-electron chi connectivity index (χ1n) is 7.48. The van der Waals surface area contributed by atoms with Gasteiger partial charge >= 0.3 is 0 Å². The number of thiophene rings is 1. The molecule has 0 fully saturated rings. The lowest BCUT2D eigenvalue weighted by molar-refractivity contribution is 0.477. The van der Waals surface area contributed by atoms with Gasteiger partial charge in [0.05, 0.1) is 6.04 Å². The van der Waals surface area contributed by atoms with Crippen LogP contribution in [0.1, 0.15) is 19.9 Å². The van der Waals surface area contributed by atoms with E-state index in [2.05, 4.69) is 43.7 Å². The summed E-state index contributed by atoms with van der Waals surface area (Å²) >= 11 is 3.13. The molecule has 0 aliphatic carbocycles. The standard InChI is InChI=1S/C16H14N6S2/c1-10(2)22-16(19-20-21-22)24-15-12-8-13(11-6-4-3-5-7-11)23-14(12)17-9-18-15/h3-10H,1-2H3. The quantitative estimate of drug-likeness (QED) is 0.514. The van der Waals surface area contributed by atoms with Crippen LogP contribution in [-0.2, 0) is 0 Å². The van der Waals surface area contributed by atoms with Crippen molar-refractivity contribution in [2.45, 2.75) is 30.1 Å². The van der Waals surface area contributed by atoms with E-state index >= 15 is 0 Å². The monoisotopic (exact) mass is 354 g/mol. The van der Waals surface area contributed by atoms with Gasteiger partial charge in [0, 0.05) is 10.3 Å². The van der Waals surface area contributed by atoms with Gasteiger partial charge in [-0.05, 0) is 47.7 Å². The van der Waals surface area contributed by atoms with Gasteiger partial charge in [0.1, 0.15) is 16.2 Å². The zero-order valence-corrected chi connectivity index (χ0v) is 14.8. The summed E-state index contributed by atoms with van der Waals surface area (Å²) in [7, 11) is 0. The smallest absolute Gasteiger partial charge is 0.215 e. The molecule has 0 atom stereocenters. The molecular formula is C16H14N6S2. The minimum Gasteiger partial charge on any atom is -0.229 e. The van der Waals surface area contributed by atoms with E-state index in [-0.39, 0.29) is 6.04 Å². The van der Waals surface area contributed by atoms with Gasteiger partial charge in [-0.15, -0.1) is 16.4 Å².